The van der Waals surface area contributed by atoms with Crippen LogP contribution in [0.1, 0.15) is 42.6 Å². The van der Waals surface area contributed by atoms with Gasteiger partial charge in [-0.25, -0.2) is 4.79 Å². The van der Waals surface area contributed by atoms with E-state index in [2.05, 4.69) is 10.3 Å². The Balaban J connectivity index is 1.30. The predicted molar refractivity (Wildman–Crippen MR) is 144 cm³/mol. The van der Waals surface area contributed by atoms with Crippen LogP contribution in [0.15, 0.2) is 59.4 Å². The number of carbonyl (C=O) groups is 2. The highest BCUT2D eigenvalue weighted by Gasteiger charge is 2.51. The van der Waals surface area contributed by atoms with Gasteiger partial charge < -0.3 is 9.84 Å². The number of nitrogens with one attached hydrogen (secondary N) is 1. The summed E-state index contributed by atoms with van der Waals surface area (Å²) in [6.07, 6.45) is 2.16. The number of carboxylic acid groups (broad SMARTS) is 1. The quantitative estimate of drug-likeness (QED) is 0.249. The smallest absolute Gasteiger partial charge is 0.412 e. The second-order valence-electron chi connectivity index (χ2n) is 8.87. The molecule has 1 amide bonds. The second kappa shape index (κ2) is 9.69. The maximum Gasteiger partial charge on any atom is 0.412 e. The summed E-state index contributed by atoms with van der Waals surface area (Å²) >= 11 is 9.20. The van der Waals surface area contributed by atoms with E-state index in [0.29, 0.717) is 22.9 Å². The molecule has 2 N–H and O–H groups in total. The predicted octanol–water partition coefficient (Wildman–Crippen LogP) is 7.93. The number of hydrogen-bond donors (Lipinski definition) is 2. The molecule has 1 unspecified atom stereocenters. The molecule has 1 saturated carbocycles. The van der Waals surface area contributed by atoms with Crippen LogP contribution in [-0.2, 0) is 14.9 Å². The number of halogens is 1. The summed E-state index contributed by atoms with van der Waals surface area (Å²) in [6, 6.07) is 13.1. The Morgan fingerprint density at radius 2 is 1.86 bits per heavy atom. The van der Waals surface area contributed by atoms with Gasteiger partial charge in [0.25, 0.3) is 0 Å². The monoisotopic (exact) mass is 538 g/mol. The first kappa shape index (κ1) is 24.5. The lowest BCUT2D eigenvalue weighted by atomic mass is 9.94. The van der Waals surface area contributed by atoms with E-state index < -0.39 is 17.5 Å². The van der Waals surface area contributed by atoms with E-state index in [1.807, 2.05) is 61.0 Å². The number of ether oxygens (including phenoxy) is 1. The van der Waals surface area contributed by atoms with Gasteiger partial charge in [0.05, 0.1) is 26.0 Å². The van der Waals surface area contributed by atoms with Gasteiger partial charge in [0.2, 0.25) is 0 Å². The molecule has 1 aromatic carbocycles. The van der Waals surface area contributed by atoms with Crippen molar-refractivity contribution < 1.29 is 19.4 Å². The number of aryl methyl sites for hydroxylation is 1. The molecular formula is C27H23ClN2O4S2. The fraction of sp³-hybridized carbons (Fsp3) is 0.222. The molecule has 1 atom stereocenters. The van der Waals surface area contributed by atoms with Crippen molar-refractivity contribution in [3.63, 3.8) is 0 Å². The number of rotatable bonds is 7. The first-order chi connectivity index (χ1) is 17.3. The molecule has 0 bridgehead atoms. The lowest BCUT2D eigenvalue weighted by Gasteiger charge is -2.14. The number of aliphatic carboxylic acids is 1. The Morgan fingerprint density at radius 3 is 2.44 bits per heavy atom. The molecule has 0 radical (unpaired) electrons. The van der Waals surface area contributed by atoms with E-state index >= 15 is 0 Å². The fourth-order valence-corrected chi connectivity index (χ4v) is 6.33. The topological polar surface area (TPSA) is 88.5 Å². The zero-order valence-corrected chi connectivity index (χ0v) is 22.0. The number of thiophene rings is 2. The third-order valence-electron chi connectivity index (χ3n) is 6.47. The maximum atomic E-state index is 12.6. The number of nitrogens with zero attached hydrogens (tertiary/aromatic N) is 1. The molecule has 6 nitrogen and oxygen atoms in total. The van der Waals surface area contributed by atoms with Crippen LogP contribution in [0.5, 0.6) is 0 Å². The van der Waals surface area contributed by atoms with Gasteiger partial charge in [0.1, 0.15) is 6.10 Å². The molecule has 36 heavy (non-hydrogen) atoms. The molecular weight excluding hydrogens is 516 g/mol. The minimum Gasteiger partial charge on any atom is -0.481 e. The number of amides is 1. The van der Waals surface area contributed by atoms with Crippen LogP contribution < -0.4 is 5.32 Å². The highest BCUT2D eigenvalue weighted by Crippen LogP contribution is 2.48. The van der Waals surface area contributed by atoms with Crippen molar-refractivity contribution in [3.8, 4) is 21.7 Å². The zero-order valence-electron chi connectivity index (χ0n) is 19.6. The van der Waals surface area contributed by atoms with Gasteiger partial charge in [-0.1, -0.05) is 35.9 Å². The highest BCUT2D eigenvalue weighted by molar-refractivity contribution is 7.20. The van der Waals surface area contributed by atoms with Crippen molar-refractivity contribution in [2.75, 3.05) is 5.32 Å². The highest BCUT2D eigenvalue weighted by atomic mass is 35.5. The Labute approximate surface area is 221 Å². The third-order valence-corrected chi connectivity index (χ3v) is 8.67. The number of aromatic nitrogens is 1. The summed E-state index contributed by atoms with van der Waals surface area (Å²) in [5, 5.41) is 16.3. The summed E-state index contributed by atoms with van der Waals surface area (Å²) in [5.74, 6) is -0.767. The Hall–Kier alpha value is -3.20. The number of hydrogen-bond acceptors (Lipinski definition) is 6. The van der Waals surface area contributed by atoms with Crippen LogP contribution >= 0.6 is 34.3 Å². The molecule has 3 heterocycles. The molecule has 0 spiro atoms. The molecule has 0 saturated heterocycles. The number of pyridine rings is 1. The Kier molecular flexibility index (Phi) is 6.59. The average molecular weight is 539 g/mol. The summed E-state index contributed by atoms with van der Waals surface area (Å²) in [6.45, 7) is 3.84. The normalized spacial score (nSPS) is 14.8. The van der Waals surface area contributed by atoms with Crippen LogP contribution in [0.25, 0.3) is 21.7 Å². The number of anilines is 1. The van der Waals surface area contributed by atoms with Crippen LogP contribution in [-0.4, -0.2) is 22.2 Å². The second-order valence-corrected chi connectivity index (χ2v) is 11.3. The molecule has 9 heteroatoms. The van der Waals surface area contributed by atoms with E-state index in [1.54, 1.807) is 23.6 Å². The minimum atomic E-state index is -0.767. The SMILES string of the molecule is Cc1cscc1C(C)OC(=O)Nc1cc(Cl)sc1-c1ccc(-c2ccc(C3(C(=O)O)CC3)cc2)nc1. The van der Waals surface area contributed by atoms with Crippen LogP contribution in [0.2, 0.25) is 4.34 Å². The maximum absolute atomic E-state index is 12.6. The van der Waals surface area contributed by atoms with Crippen molar-refractivity contribution in [2.45, 2.75) is 38.2 Å². The van der Waals surface area contributed by atoms with Crippen molar-refractivity contribution in [1.82, 2.24) is 4.98 Å². The van der Waals surface area contributed by atoms with Crippen LogP contribution in [0.3, 0.4) is 0 Å². The van der Waals surface area contributed by atoms with Crippen LogP contribution in [0, 0.1) is 6.92 Å². The summed E-state index contributed by atoms with van der Waals surface area (Å²) < 4.78 is 6.11. The molecule has 1 fully saturated rings. The average Bonchev–Trinajstić information content (AvgIpc) is 3.45. The summed E-state index contributed by atoms with van der Waals surface area (Å²) in [5.41, 5.74) is 5.22. The lowest BCUT2D eigenvalue weighted by Crippen LogP contribution is -2.19. The third kappa shape index (κ3) is 4.76. The zero-order chi connectivity index (χ0) is 25.4. The van der Waals surface area contributed by atoms with E-state index in [1.165, 1.54) is 11.3 Å². The Bertz CT molecular complexity index is 1420. The number of carbonyl (C=O) groups excluding carboxylic acids is 1. The number of carboxylic acids is 1. The molecule has 184 valence electrons. The number of benzene rings is 1. The fourth-order valence-electron chi connectivity index (χ4n) is 4.23. The van der Waals surface area contributed by atoms with Crippen molar-refractivity contribution in [1.29, 1.82) is 0 Å². The van der Waals surface area contributed by atoms with Gasteiger partial charge in [-0.15, -0.1) is 11.3 Å². The molecule has 1 aliphatic rings. The van der Waals surface area contributed by atoms with Crippen molar-refractivity contribution >= 4 is 52.0 Å². The van der Waals surface area contributed by atoms with Gasteiger partial charge in [0, 0.05) is 22.9 Å². The standard InChI is InChI=1S/C27H23ClN2O4S2/c1-15-13-35-14-20(15)16(2)34-26(33)30-22-11-23(28)36-24(22)18-5-8-21(29-12-18)17-3-6-19(7-4-17)27(9-10-27)25(31)32/h3-8,11-14,16H,9-10H2,1-2H3,(H,30,33)(H,31,32). The van der Waals surface area contributed by atoms with Gasteiger partial charge in [0.15, 0.2) is 0 Å². The Morgan fingerprint density at radius 1 is 1.14 bits per heavy atom. The van der Waals surface area contributed by atoms with E-state index in [4.69, 9.17) is 16.3 Å². The molecule has 3 aromatic heterocycles. The van der Waals surface area contributed by atoms with E-state index in [0.717, 1.165) is 38.4 Å². The largest absolute Gasteiger partial charge is 0.481 e. The van der Waals surface area contributed by atoms with Gasteiger partial charge >= 0.3 is 12.1 Å². The van der Waals surface area contributed by atoms with Gasteiger partial charge in [-0.3, -0.25) is 15.1 Å². The lowest BCUT2D eigenvalue weighted by molar-refractivity contribution is -0.140. The summed E-state index contributed by atoms with van der Waals surface area (Å²) in [7, 11) is 0. The summed E-state index contributed by atoms with van der Waals surface area (Å²) in [4.78, 5) is 29.5. The first-order valence-corrected chi connectivity index (χ1v) is 13.5. The van der Waals surface area contributed by atoms with Gasteiger partial charge in [-0.05, 0) is 66.8 Å². The van der Waals surface area contributed by atoms with Crippen molar-refractivity contribution in [3.05, 3.63) is 80.4 Å². The first-order valence-electron chi connectivity index (χ1n) is 11.4. The molecule has 4 aromatic rings. The van der Waals surface area contributed by atoms with E-state index in [-0.39, 0.29) is 6.10 Å². The molecule has 0 aliphatic heterocycles. The van der Waals surface area contributed by atoms with Gasteiger partial charge in [-0.2, -0.15) is 11.3 Å². The van der Waals surface area contributed by atoms with E-state index in [9.17, 15) is 14.7 Å². The van der Waals surface area contributed by atoms with Crippen molar-refractivity contribution in [2.24, 2.45) is 0 Å². The van der Waals surface area contributed by atoms with Crippen LogP contribution in [0.4, 0.5) is 10.5 Å². The molecule has 1 aliphatic carbocycles. The minimum absolute atomic E-state index is 0.369. The molecule has 5 rings (SSSR count).